The van der Waals surface area contributed by atoms with E-state index in [4.69, 9.17) is 9.47 Å². The molecule has 63 heavy (non-hydrogen) atoms. The SMILES string of the molecule is CCCCCCCCCCCCCCCCCCCCCCCCCCCCCC(O)C(=O)NC(COC1OC(CO)C(O)C(O)C1O)C(O)CCCCCCCCCCCCC. The zero-order valence-corrected chi connectivity index (χ0v) is 41.2. The molecule has 1 rings (SSSR count). The molecule has 8 unspecified atom stereocenters. The molecule has 10 nitrogen and oxygen atoms in total. The van der Waals surface area contributed by atoms with Gasteiger partial charge in [-0.15, -0.1) is 0 Å². The molecule has 0 aliphatic carbocycles. The zero-order valence-electron chi connectivity index (χ0n) is 41.2. The number of hydrogen-bond donors (Lipinski definition) is 7. The van der Waals surface area contributed by atoms with Crippen molar-refractivity contribution >= 4 is 5.91 Å². The third-order valence-corrected chi connectivity index (χ3v) is 13.6. The minimum Gasteiger partial charge on any atom is -0.394 e. The molecule has 0 aromatic heterocycles. The van der Waals surface area contributed by atoms with Gasteiger partial charge in [0.2, 0.25) is 5.91 Å². The van der Waals surface area contributed by atoms with Crippen molar-refractivity contribution in [2.75, 3.05) is 13.2 Å². The normalized spacial score (nSPS) is 20.5. The van der Waals surface area contributed by atoms with Crippen LogP contribution in [0.15, 0.2) is 0 Å². The summed E-state index contributed by atoms with van der Waals surface area (Å²) in [5.74, 6) is -0.579. The minimum absolute atomic E-state index is 0.250. The molecular weight excluding hydrogens is 795 g/mol. The lowest BCUT2D eigenvalue weighted by molar-refractivity contribution is -0.302. The summed E-state index contributed by atoms with van der Waals surface area (Å²) >= 11 is 0. The third-order valence-electron chi connectivity index (χ3n) is 13.6. The Morgan fingerprint density at radius 2 is 0.794 bits per heavy atom. The number of aliphatic hydroxyl groups excluding tert-OH is 6. The van der Waals surface area contributed by atoms with Gasteiger partial charge in [-0.25, -0.2) is 0 Å². The predicted octanol–water partition coefficient (Wildman–Crippen LogP) is 11.7. The molecule has 1 heterocycles. The number of hydrogen-bond acceptors (Lipinski definition) is 9. The fourth-order valence-electron chi connectivity index (χ4n) is 9.11. The van der Waals surface area contributed by atoms with E-state index in [-0.39, 0.29) is 6.61 Å². The standard InChI is InChI=1S/C53H105NO9/c1-3-5-7-9-11-13-15-16-17-18-19-20-21-22-23-24-25-26-27-28-29-30-32-34-36-38-40-42-47(57)52(61)54-45(44-62-53-51(60)50(59)49(58)48(43-55)63-53)46(56)41-39-37-35-33-31-14-12-10-8-6-4-2/h45-51,53,55-60H,3-44H2,1-2H3,(H,54,61). The largest absolute Gasteiger partial charge is 0.394 e. The molecule has 7 N–H and O–H groups in total. The summed E-state index contributed by atoms with van der Waals surface area (Å²) < 4.78 is 11.2. The maximum Gasteiger partial charge on any atom is 0.249 e. The average molecular weight is 900 g/mol. The van der Waals surface area contributed by atoms with Crippen molar-refractivity contribution in [2.24, 2.45) is 0 Å². The molecule has 1 saturated heterocycles. The fourth-order valence-corrected chi connectivity index (χ4v) is 9.11. The Hall–Kier alpha value is -0.850. The Kier molecular flexibility index (Phi) is 41.7. The highest BCUT2D eigenvalue weighted by Crippen LogP contribution is 2.23. The van der Waals surface area contributed by atoms with E-state index in [1.807, 2.05) is 0 Å². The summed E-state index contributed by atoms with van der Waals surface area (Å²) in [5.41, 5.74) is 0. The summed E-state index contributed by atoms with van der Waals surface area (Å²) in [6, 6.07) is -0.888. The second-order valence-corrected chi connectivity index (χ2v) is 19.5. The van der Waals surface area contributed by atoms with E-state index in [1.165, 1.54) is 199 Å². The number of carbonyl (C=O) groups excluding carboxylic acids is 1. The number of amides is 1. The molecule has 0 aromatic rings. The van der Waals surface area contributed by atoms with Crippen LogP contribution in [0.4, 0.5) is 0 Å². The van der Waals surface area contributed by atoms with Gasteiger partial charge in [0.1, 0.15) is 30.5 Å². The molecule has 1 fully saturated rings. The molecule has 1 amide bonds. The summed E-state index contributed by atoms with van der Waals surface area (Å²) in [7, 11) is 0. The Labute approximate surface area is 387 Å². The highest BCUT2D eigenvalue weighted by atomic mass is 16.7. The van der Waals surface area contributed by atoms with E-state index in [0.29, 0.717) is 12.8 Å². The Bertz CT molecular complexity index is 973. The van der Waals surface area contributed by atoms with Crippen LogP contribution in [-0.2, 0) is 14.3 Å². The number of aliphatic hydroxyl groups is 6. The van der Waals surface area contributed by atoms with Gasteiger partial charge in [0.15, 0.2) is 6.29 Å². The van der Waals surface area contributed by atoms with Crippen LogP contribution >= 0.6 is 0 Å². The smallest absolute Gasteiger partial charge is 0.249 e. The van der Waals surface area contributed by atoms with Gasteiger partial charge in [0.05, 0.1) is 25.4 Å². The molecule has 1 aliphatic rings. The van der Waals surface area contributed by atoms with Gasteiger partial charge < -0.3 is 45.4 Å². The summed E-state index contributed by atoms with van der Waals surface area (Å²) in [6.45, 7) is 3.69. The van der Waals surface area contributed by atoms with Crippen molar-refractivity contribution in [1.82, 2.24) is 5.32 Å². The molecule has 0 bridgehead atoms. The fraction of sp³-hybridized carbons (Fsp3) is 0.981. The van der Waals surface area contributed by atoms with Gasteiger partial charge in [-0.1, -0.05) is 258 Å². The van der Waals surface area contributed by atoms with Gasteiger partial charge in [0.25, 0.3) is 0 Å². The van der Waals surface area contributed by atoms with Crippen molar-refractivity contribution in [3.63, 3.8) is 0 Å². The van der Waals surface area contributed by atoms with Gasteiger partial charge in [0, 0.05) is 0 Å². The third kappa shape index (κ3) is 33.3. The first-order valence-electron chi connectivity index (χ1n) is 27.3. The van der Waals surface area contributed by atoms with Crippen LogP contribution in [0.1, 0.15) is 271 Å². The van der Waals surface area contributed by atoms with E-state index >= 15 is 0 Å². The number of rotatable bonds is 47. The van der Waals surface area contributed by atoms with E-state index in [9.17, 15) is 35.4 Å². The average Bonchev–Trinajstić information content (AvgIpc) is 3.28. The van der Waals surface area contributed by atoms with Crippen LogP contribution in [-0.4, -0.2) is 98.7 Å². The van der Waals surface area contributed by atoms with Crippen molar-refractivity contribution in [3.8, 4) is 0 Å². The van der Waals surface area contributed by atoms with E-state index in [2.05, 4.69) is 19.2 Å². The molecule has 8 atom stereocenters. The Morgan fingerprint density at radius 1 is 0.476 bits per heavy atom. The number of unbranched alkanes of at least 4 members (excludes halogenated alkanes) is 36. The second kappa shape index (κ2) is 43.7. The van der Waals surface area contributed by atoms with Crippen LogP contribution in [0.3, 0.4) is 0 Å². The van der Waals surface area contributed by atoms with Crippen molar-refractivity contribution in [2.45, 2.75) is 320 Å². The highest BCUT2D eigenvalue weighted by Gasteiger charge is 2.44. The summed E-state index contributed by atoms with van der Waals surface area (Å²) in [5, 5.41) is 64.9. The topological polar surface area (TPSA) is 169 Å². The van der Waals surface area contributed by atoms with Crippen molar-refractivity contribution < 1.29 is 44.9 Å². The van der Waals surface area contributed by atoms with Gasteiger partial charge in [-0.05, 0) is 12.8 Å². The van der Waals surface area contributed by atoms with E-state index in [0.717, 1.165) is 44.9 Å². The van der Waals surface area contributed by atoms with Crippen LogP contribution < -0.4 is 5.32 Å². The quantitative estimate of drug-likeness (QED) is 0.0294. The maximum atomic E-state index is 13.1. The predicted molar refractivity (Wildman–Crippen MR) is 260 cm³/mol. The minimum atomic E-state index is -1.59. The number of carbonyl (C=O) groups is 1. The lowest BCUT2D eigenvalue weighted by atomic mass is 9.99. The Balaban J connectivity index is 2.17. The Morgan fingerprint density at radius 3 is 1.13 bits per heavy atom. The molecule has 0 aromatic carbocycles. The molecule has 10 heteroatoms. The first-order valence-corrected chi connectivity index (χ1v) is 27.3. The van der Waals surface area contributed by atoms with Crippen LogP contribution in [0.5, 0.6) is 0 Å². The zero-order chi connectivity index (χ0) is 46.0. The summed E-state index contributed by atoms with van der Waals surface area (Å²) in [6.07, 6.45) is 40.4. The van der Waals surface area contributed by atoms with E-state index < -0.39 is 61.5 Å². The lowest BCUT2D eigenvalue weighted by Gasteiger charge is -2.40. The van der Waals surface area contributed by atoms with Gasteiger partial charge in [-0.2, -0.15) is 0 Å². The van der Waals surface area contributed by atoms with Crippen LogP contribution in [0.25, 0.3) is 0 Å². The summed E-state index contributed by atoms with van der Waals surface area (Å²) in [4.78, 5) is 13.1. The molecule has 0 saturated carbocycles. The van der Waals surface area contributed by atoms with Crippen molar-refractivity contribution in [3.05, 3.63) is 0 Å². The monoisotopic (exact) mass is 900 g/mol. The van der Waals surface area contributed by atoms with E-state index in [1.54, 1.807) is 0 Å². The molecule has 0 radical (unpaired) electrons. The lowest BCUT2D eigenvalue weighted by Crippen LogP contribution is -2.60. The second-order valence-electron chi connectivity index (χ2n) is 19.5. The first kappa shape index (κ1) is 60.2. The van der Waals surface area contributed by atoms with Crippen LogP contribution in [0, 0.1) is 0 Å². The maximum absolute atomic E-state index is 13.1. The molecule has 0 spiro atoms. The first-order chi connectivity index (χ1) is 30.8. The molecule has 1 aliphatic heterocycles. The molecular formula is C53H105NO9. The van der Waals surface area contributed by atoms with Gasteiger partial charge >= 0.3 is 0 Å². The number of nitrogens with one attached hydrogen (secondary N) is 1. The van der Waals surface area contributed by atoms with Crippen LogP contribution in [0.2, 0.25) is 0 Å². The number of ether oxygens (including phenoxy) is 2. The van der Waals surface area contributed by atoms with Crippen molar-refractivity contribution in [1.29, 1.82) is 0 Å². The highest BCUT2D eigenvalue weighted by molar-refractivity contribution is 5.80. The molecule has 376 valence electrons. The van der Waals surface area contributed by atoms with Gasteiger partial charge in [-0.3, -0.25) is 4.79 Å².